The quantitative estimate of drug-likeness (QED) is 0.596. The Kier molecular flexibility index (Phi) is 5.09. The lowest BCUT2D eigenvalue weighted by molar-refractivity contribution is 0.0943. The molecule has 1 aromatic heterocycles. The van der Waals surface area contributed by atoms with Crippen LogP contribution in [-0.4, -0.2) is 36.9 Å². The number of ether oxygens (including phenoxy) is 1. The van der Waals surface area contributed by atoms with Crippen molar-refractivity contribution < 1.29 is 14.3 Å². The van der Waals surface area contributed by atoms with Gasteiger partial charge in [0.25, 0.3) is 5.91 Å². The number of rotatable bonds is 6. The monoisotopic (exact) mass is 252 g/mol. The summed E-state index contributed by atoms with van der Waals surface area (Å²) in [5.74, 6) is -0.209. The minimum Gasteiger partial charge on any atom is -0.385 e. The molecule has 1 aromatic rings. The molecular formula is C13H20N2O3. The first-order valence-electron chi connectivity index (χ1n) is 5.96. The molecule has 0 saturated carbocycles. The Balaban J connectivity index is 2.75. The van der Waals surface area contributed by atoms with Crippen LogP contribution in [0.3, 0.4) is 0 Å². The number of ketones is 1. The standard InChI is InChI=1S/C13H20N2O3/c1-8-11(10(3)16)9(2)15-12(8)13(17)14-6-5-7-18-4/h15H,5-7H2,1-4H3,(H,14,17). The van der Waals surface area contributed by atoms with Crippen molar-refractivity contribution in [2.75, 3.05) is 20.3 Å². The molecule has 0 bridgehead atoms. The number of hydrogen-bond donors (Lipinski definition) is 2. The fourth-order valence-corrected chi connectivity index (χ4v) is 2.01. The summed E-state index contributed by atoms with van der Waals surface area (Å²) in [6, 6.07) is 0. The van der Waals surface area contributed by atoms with E-state index in [1.807, 2.05) is 0 Å². The third-order valence-electron chi connectivity index (χ3n) is 2.83. The number of aromatic nitrogens is 1. The maximum atomic E-state index is 11.9. The average molecular weight is 252 g/mol. The smallest absolute Gasteiger partial charge is 0.268 e. The number of carbonyl (C=O) groups excluding carboxylic acids is 2. The van der Waals surface area contributed by atoms with Crippen LogP contribution in [0.5, 0.6) is 0 Å². The number of aromatic amines is 1. The first-order chi connectivity index (χ1) is 8.49. The van der Waals surface area contributed by atoms with Crippen LogP contribution in [0.2, 0.25) is 0 Å². The predicted molar refractivity (Wildman–Crippen MR) is 69.1 cm³/mol. The molecule has 0 radical (unpaired) electrons. The summed E-state index contributed by atoms with van der Waals surface area (Å²) in [5, 5.41) is 2.79. The fraction of sp³-hybridized carbons (Fsp3) is 0.538. The number of carbonyl (C=O) groups is 2. The highest BCUT2D eigenvalue weighted by Gasteiger charge is 2.19. The molecule has 0 saturated heterocycles. The van der Waals surface area contributed by atoms with E-state index >= 15 is 0 Å². The maximum absolute atomic E-state index is 11.9. The van der Waals surface area contributed by atoms with Gasteiger partial charge in [0, 0.05) is 31.5 Å². The highest BCUT2D eigenvalue weighted by atomic mass is 16.5. The number of H-pyrrole nitrogens is 1. The molecule has 0 unspecified atom stereocenters. The fourth-order valence-electron chi connectivity index (χ4n) is 2.01. The molecule has 0 aliphatic carbocycles. The largest absolute Gasteiger partial charge is 0.385 e. The van der Waals surface area contributed by atoms with Crippen molar-refractivity contribution in [2.45, 2.75) is 27.2 Å². The SMILES string of the molecule is COCCCNC(=O)c1[nH]c(C)c(C(C)=O)c1C. The Morgan fingerprint density at radius 3 is 2.50 bits per heavy atom. The summed E-state index contributed by atoms with van der Waals surface area (Å²) in [4.78, 5) is 26.3. The van der Waals surface area contributed by atoms with E-state index in [1.54, 1.807) is 21.0 Å². The molecule has 0 aliphatic rings. The van der Waals surface area contributed by atoms with E-state index in [-0.39, 0.29) is 11.7 Å². The number of aryl methyl sites for hydroxylation is 1. The van der Waals surface area contributed by atoms with Gasteiger partial charge in [-0.25, -0.2) is 0 Å². The predicted octanol–water partition coefficient (Wildman–Crippen LogP) is 1.60. The van der Waals surface area contributed by atoms with E-state index in [0.717, 1.165) is 12.1 Å². The number of hydrogen-bond acceptors (Lipinski definition) is 3. The first-order valence-corrected chi connectivity index (χ1v) is 5.96. The average Bonchev–Trinajstić information content (AvgIpc) is 2.60. The van der Waals surface area contributed by atoms with Crippen molar-refractivity contribution in [3.8, 4) is 0 Å². The Morgan fingerprint density at radius 2 is 2.00 bits per heavy atom. The third kappa shape index (κ3) is 3.20. The van der Waals surface area contributed by atoms with E-state index in [2.05, 4.69) is 10.3 Å². The number of methoxy groups -OCH3 is 1. The van der Waals surface area contributed by atoms with E-state index in [9.17, 15) is 9.59 Å². The zero-order chi connectivity index (χ0) is 13.7. The van der Waals surface area contributed by atoms with Crippen LogP contribution in [0.4, 0.5) is 0 Å². The van der Waals surface area contributed by atoms with Gasteiger partial charge in [-0.3, -0.25) is 9.59 Å². The van der Waals surface area contributed by atoms with E-state index in [1.165, 1.54) is 6.92 Å². The molecule has 1 rings (SSSR count). The van der Waals surface area contributed by atoms with Gasteiger partial charge in [0.15, 0.2) is 5.78 Å². The van der Waals surface area contributed by atoms with Gasteiger partial charge in [0.05, 0.1) is 0 Å². The summed E-state index contributed by atoms with van der Waals surface area (Å²) >= 11 is 0. The summed E-state index contributed by atoms with van der Waals surface area (Å²) in [6.07, 6.45) is 0.764. The Bertz CT molecular complexity index is 449. The zero-order valence-electron chi connectivity index (χ0n) is 11.3. The third-order valence-corrected chi connectivity index (χ3v) is 2.83. The van der Waals surface area contributed by atoms with Crippen LogP contribution >= 0.6 is 0 Å². The molecule has 1 amide bonds. The van der Waals surface area contributed by atoms with Crippen molar-refractivity contribution >= 4 is 11.7 Å². The van der Waals surface area contributed by atoms with Crippen molar-refractivity contribution in [1.29, 1.82) is 0 Å². The van der Waals surface area contributed by atoms with Gasteiger partial charge in [-0.1, -0.05) is 0 Å². The van der Waals surface area contributed by atoms with Crippen LogP contribution in [0.25, 0.3) is 0 Å². The molecule has 18 heavy (non-hydrogen) atoms. The molecule has 1 heterocycles. The minimum atomic E-state index is -0.181. The second-order valence-corrected chi connectivity index (χ2v) is 4.28. The molecule has 2 N–H and O–H groups in total. The summed E-state index contributed by atoms with van der Waals surface area (Å²) < 4.78 is 4.90. The summed E-state index contributed by atoms with van der Waals surface area (Å²) in [7, 11) is 1.62. The van der Waals surface area contributed by atoms with Gasteiger partial charge < -0.3 is 15.0 Å². The maximum Gasteiger partial charge on any atom is 0.268 e. The molecule has 0 atom stereocenters. The Labute approximate surface area is 107 Å². The molecule has 5 heteroatoms. The second kappa shape index (κ2) is 6.35. The van der Waals surface area contributed by atoms with Crippen molar-refractivity contribution in [1.82, 2.24) is 10.3 Å². The lowest BCUT2D eigenvalue weighted by Crippen LogP contribution is -2.26. The minimum absolute atomic E-state index is 0.0281. The Hall–Kier alpha value is -1.62. The molecule has 0 aliphatic heterocycles. The molecule has 5 nitrogen and oxygen atoms in total. The first kappa shape index (κ1) is 14.4. The van der Waals surface area contributed by atoms with Crippen LogP contribution < -0.4 is 5.32 Å². The topological polar surface area (TPSA) is 71.2 Å². The number of Topliss-reactive ketones (excluding diaryl/α,β-unsaturated/α-hetero) is 1. The summed E-state index contributed by atoms with van der Waals surface area (Å²) in [5.41, 5.74) is 2.53. The molecule has 100 valence electrons. The zero-order valence-corrected chi connectivity index (χ0v) is 11.3. The van der Waals surface area contributed by atoms with E-state index in [4.69, 9.17) is 4.74 Å². The van der Waals surface area contributed by atoms with Crippen LogP contribution in [-0.2, 0) is 4.74 Å². The van der Waals surface area contributed by atoms with Gasteiger partial charge in [0.1, 0.15) is 5.69 Å². The van der Waals surface area contributed by atoms with Crippen molar-refractivity contribution in [3.05, 3.63) is 22.5 Å². The van der Waals surface area contributed by atoms with E-state index in [0.29, 0.717) is 30.0 Å². The van der Waals surface area contributed by atoms with Crippen LogP contribution in [0.1, 0.15) is 45.4 Å². The van der Waals surface area contributed by atoms with Gasteiger partial charge in [0.2, 0.25) is 0 Å². The molecule has 0 spiro atoms. The van der Waals surface area contributed by atoms with Gasteiger partial charge >= 0.3 is 0 Å². The number of nitrogens with one attached hydrogen (secondary N) is 2. The molecule has 0 fully saturated rings. The molecular weight excluding hydrogens is 232 g/mol. The highest BCUT2D eigenvalue weighted by molar-refractivity contribution is 6.02. The lowest BCUT2D eigenvalue weighted by atomic mass is 10.1. The summed E-state index contributed by atoms with van der Waals surface area (Å²) in [6.45, 7) is 6.25. The van der Waals surface area contributed by atoms with E-state index < -0.39 is 0 Å². The van der Waals surface area contributed by atoms with Gasteiger partial charge in [-0.15, -0.1) is 0 Å². The molecule has 0 aromatic carbocycles. The normalized spacial score (nSPS) is 10.4. The highest BCUT2D eigenvalue weighted by Crippen LogP contribution is 2.18. The van der Waals surface area contributed by atoms with Crippen LogP contribution in [0, 0.1) is 13.8 Å². The van der Waals surface area contributed by atoms with Gasteiger partial charge in [-0.2, -0.15) is 0 Å². The lowest BCUT2D eigenvalue weighted by Gasteiger charge is -2.04. The Morgan fingerprint density at radius 1 is 1.33 bits per heavy atom. The van der Waals surface area contributed by atoms with Gasteiger partial charge in [-0.05, 0) is 32.8 Å². The van der Waals surface area contributed by atoms with Crippen molar-refractivity contribution in [2.24, 2.45) is 0 Å². The van der Waals surface area contributed by atoms with Crippen LogP contribution in [0.15, 0.2) is 0 Å². The van der Waals surface area contributed by atoms with Crippen molar-refractivity contribution in [3.63, 3.8) is 0 Å². The number of amides is 1. The second-order valence-electron chi connectivity index (χ2n) is 4.28.